The molecule has 1 heterocycles. The Morgan fingerprint density at radius 1 is 1.18 bits per heavy atom. The second kappa shape index (κ2) is 5.91. The Balaban J connectivity index is 1.89. The van der Waals surface area contributed by atoms with E-state index in [1.54, 1.807) is 14.2 Å². The fourth-order valence-corrected chi connectivity index (χ4v) is 3.14. The van der Waals surface area contributed by atoms with Crippen LogP contribution in [0.3, 0.4) is 0 Å². The molecule has 0 bridgehead atoms. The first-order chi connectivity index (χ1) is 10.6. The number of methoxy groups -OCH3 is 2. The molecule has 22 heavy (non-hydrogen) atoms. The fourth-order valence-electron chi connectivity index (χ4n) is 3.14. The highest BCUT2D eigenvalue weighted by Crippen LogP contribution is 2.39. The molecule has 5 heteroatoms. The maximum Gasteiger partial charge on any atom is 0.230 e. The lowest BCUT2D eigenvalue weighted by molar-refractivity contribution is 0.354. The molecule has 0 amide bonds. The number of aromatic nitrogens is 1. The number of fused-ring (bicyclic) bond motifs is 1. The van der Waals surface area contributed by atoms with Gasteiger partial charge in [0.1, 0.15) is 0 Å². The van der Waals surface area contributed by atoms with E-state index >= 15 is 0 Å². The Bertz CT molecular complexity index is 664. The van der Waals surface area contributed by atoms with Gasteiger partial charge in [0.2, 0.25) is 5.88 Å². The molecule has 2 aromatic rings. The molecule has 0 N–H and O–H groups in total. The van der Waals surface area contributed by atoms with Gasteiger partial charge in [0, 0.05) is 19.7 Å². The van der Waals surface area contributed by atoms with Crippen LogP contribution in [-0.2, 0) is 12.8 Å². The summed E-state index contributed by atoms with van der Waals surface area (Å²) >= 11 is 0. The van der Waals surface area contributed by atoms with Crippen LogP contribution >= 0.6 is 0 Å². The maximum absolute atomic E-state index is 5.48. The van der Waals surface area contributed by atoms with Crippen molar-refractivity contribution in [3.05, 3.63) is 35.0 Å². The van der Waals surface area contributed by atoms with E-state index in [4.69, 9.17) is 14.0 Å². The number of aryl methyl sites for hydroxylation is 1. The molecule has 0 saturated heterocycles. The zero-order valence-corrected chi connectivity index (χ0v) is 13.5. The van der Waals surface area contributed by atoms with Crippen LogP contribution in [0.1, 0.15) is 29.2 Å². The Kier molecular flexibility index (Phi) is 3.96. The average Bonchev–Trinajstić information content (AvgIpc) is 2.97. The molecule has 0 fully saturated rings. The van der Waals surface area contributed by atoms with Gasteiger partial charge in [-0.15, -0.1) is 0 Å². The maximum atomic E-state index is 5.48. The van der Waals surface area contributed by atoms with Gasteiger partial charge in [-0.1, -0.05) is 11.2 Å². The van der Waals surface area contributed by atoms with Gasteiger partial charge < -0.3 is 18.9 Å². The van der Waals surface area contributed by atoms with Gasteiger partial charge in [-0.3, -0.25) is 0 Å². The molecule has 3 rings (SSSR count). The Morgan fingerprint density at radius 2 is 1.95 bits per heavy atom. The topological polar surface area (TPSA) is 47.7 Å². The summed E-state index contributed by atoms with van der Waals surface area (Å²) in [5.74, 6) is 2.87. The second-order valence-corrected chi connectivity index (χ2v) is 5.86. The Labute approximate surface area is 130 Å². The lowest BCUT2D eigenvalue weighted by Gasteiger charge is -2.23. The summed E-state index contributed by atoms with van der Waals surface area (Å²) in [7, 11) is 7.30. The van der Waals surface area contributed by atoms with Crippen LogP contribution < -0.4 is 14.4 Å². The van der Waals surface area contributed by atoms with Crippen molar-refractivity contribution >= 4 is 5.88 Å². The normalized spacial score (nSPS) is 17.0. The van der Waals surface area contributed by atoms with Crippen LogP contribution in [0.15, 0.2) is 22.7 Å². The molecule has 1 aromatic carbocycles. The molecular weight excluding hydrogens is 280 g/mol. The number of benzene rings is 1. The van der Waals surface area contributed by atoms with Crippen LogP contribution in [0.4, 0.5) is 5.88 Å². The minimum atomic E-state index is 0.449. The quantitative estimate of drug-likeness (QED) is 0.869. The van der Waals surface area contributed by atoms with Crippen molar-refractivity contribution in [2.24, 2.45) is 0 Å². The first-order valence-corrected chi connectivity index (χ1v) is 7.50. The van der Waals surface area contributed by atoms with E-state index < -0.39 is 0 Å². The van der Waals surface area contributed by atoms with Gasteiger partial charge in [-0.05, 0) is 42.9 Å². The van der Waals surface area contributed by atoms with Crippen molar-refractivity contribution in [3.8, 4) is 11.5 Å². The van der Waals surface area contributed by atoms with Crippen molar-refractivity contribution in [1.82, 2.24) is 5.16 Å². The molecule has 118 valence electrons. The van der Waals surface area contributed by atoms with E-state index in [9.17, 15) is 0 Å². The van der Waals surface area contributed by atoms with E-state index in [1.165, 1.54) is 11.1 Å². The molecule has 1 aromatic heterocycles. The summed E-state index contributed by atoms with van der Waals surface area (Å²) < 4.78 is 16.2. The van der Waals surface area contributed by atoms with Crippen molar-refractivity contribution in [3.63, 3.8) is 0 Å². The summed E-state index contributed by atoms with van der Waals surface area (Å²) in [6, 6.07) is 6.18. The van der Waals surface area contributed by atoms with Gasteiger partial charge in [0.25, 0.3) is 0 Å². The van der Waals surface area contributed by atoms with Crippen molar-refractivity contribution in [2.45, 2.75) is 25.2 Å². The third-order valence-corrected chi connectivity index (χ3v) is 4.31. The Morgan fingerprint density at radius 3 is 2.64 bits per heavy atom. The van der Waals surface area contributed by atoms with Gasteiger partial charge in [-0.25, -0.2) is 0 Å². The highest BCUT2D eigenvalue weighted by atomic mass is 16.5. The monoisotopic (exact) mass is 302 g/mol. The van der Waals surface area contributed by atoms with Gasteiger partial charge >= 0.3 is 0 Å². The number of rotatable bonds is 4. The third kappa shape index (κ3) is 2.51. The van der Waals surface area contributed by atoms with Gasteiger partial charge in [-0.2, -0.15) is 0 Å². The van der Waals surface area contributed by atoms with Crippen LogP contribution in [0.5, 0.6) is 11.5 Å². The molecule has 0 spiro atoms. The van der Waals surface area contributed by atoms with Gasteiger partial charge in [0.05, 0.1) is 19.9 Å². The highest BCUT2D eigenvalue weighted by molar-refractivity contribution is 5.49. The third-order valence-electron chi connectivity index (χ3n) is 4.31. The number of nitrogens with zero attached hydrogens (tertiary/aromatic N) is 2. The van der Waals surface area contributed by atoms with Crippen LogP contribution in [-0.4, -0.2) is 33.5 Å². The van der Waals surface area contributed by atoms with Gasteiger partial charge in [0.15, 0.2) is 11.5 Å². The zero-order valence-electron chi connectivity index (χ0n) is 13.5. The minimum absolute atomic E-state index is 0.449. The predicted octanol–water partition coefficient (Wildman–Crippen LogP) is 3.03. The summed E-state index contributed by atoms with van der Waals surface area (Å²) in [5, 5.41) is 4.21. The van der Waals surface area contributed by atoms with Crippen molar-refractivity contribution in [2.75, 3.05) is 33.2 Å². The number of hydrogen-bond donors (Lipinski definition) is 0. The summed E-state index contributed by atoms with van der Waals surface area (Å²) in [4.78, 5) is 1.99. The van der Waals surface area contributed by atoms with Crippen LogP contribution in [0, 0.1) is 0 Å². The van der Waals surface area contributed by atoms with Crippen LogP contribution in [0.2, 0.25) is 0 Å². The number of ether oxygens (including phenoxy) is 2. The first kappa shape index (κ1) is 14.8. The second-order valence-electron chi connectivity index (χ2n) is 5.86. The summed E-state index contributed by atoms with van der Waals surface area (Å²) in [5.41, 5.74) is 3.60. The predicted molar refractivity (Wildman–Crippen MR) is 85.1 cm³/mol. The van der Waals surface area contributed by atoms with E-state index in [-0.39, 0.29) is 0 Å². The summed E-state index contributed by atoms with van der Waals surface area (Å²) in [6.45, 7) is 0. The number of anilines is 1. The van der Waals surface area contributed by atoms with E-state index in [2.05, 4.69) is 17.3 Å². The summed E-state index contributed by atoms with van der Waals surface area (Å²) in [6.07, 6.45) is 2.97. The molecule has 0 radical (unpaired) electrons. The fraction of sp³-hybridized carbons (Fsp3) is 0.471. The standard InChI is InChI=1S/C17H22N2O3/c1-19(2)17-13-9-11(5-7-14(13)18-22-17)12-6-8-15(20-3)16(10-12)21-4/h6,8,10-11H,5,7,9H2,1-4H3. The average molecular weight is 302 g/mol. The highest BCUT2D eigenvalue weighted by Gasteiger charge is 2.27. The van der Waals surface area contributed by atoms with Crippen LogP contribution in [0.25, 0.3) is 0 Å². The Hall–Kier alpha value is -2.17. The molecule has 1 atom stereocenters. The lowest BCUT2D eigenvalue weighted by Crippen LogP contribution is -2.16. The van der Waals surface area contributed by atoms with E-state index in [0.717, 1.165) is 42.3 Å². The SMILES string of the molecule is COc1ccc(C2CCc3noc(N(C)C)c3C2)cc1OC. The van der Waals surface area contributed by atoms with E-state index in [0.29, 0.717) is 5.92 Å². The zero-order chi connectivity index (χ0) is 15.7. The van der Waals surface area contributed by atoms with Crippen molar-refractivity contribution in [1.29, 1.82) is 0 Å². The molecule has 0 saturated carbocycles. The minimum Gasteiger partial charge on any atom is -0.493 e. The molecule has 1 unspecified atom stereocenters. The molecule has 1 aliphatic rings. The van der Waals surface area contributed by atoms with E-state index in [1.807, 2.05) is 25.1 Å². The molecule has 0 aliphatic heterocycles. The lowest BCUT2D eigenvalue weighted by atomic mass is 9.82. The first-order valence-electron chi connectivity index (χ1n) is 7.50. The molecular formula is C17H22N2O3. The largest absolute Gasteiger partial charge is 0.493 e. The molecule has 1 aliphatic carbocycles. The molecule has 5 nitrogen and oxygen atoms in total. The van der Waals surface area contributed by atoms with Crippen molar-refractivity contribution < 1.29 is 14.0 Å². The number of hydrogen-bond acceptors (Lipinski definition) is 5. The smallest absolute Gasteiger partial charge is 0.230 e.